The smallest absolute Gasteiger partial charge is 0.228 e. The minimum Gasteiger partial charge on any atom is -0.368 e. The molecule has 14 heavy (non-hydrogen) atoms. The molecule has 6 nitrogen and oxygen atoms in total. The first-order chi connectivity index (χ1) is 6.78. The third-order valence-electron chi connectivity index (χ3n) is 1.94. The zero-order chi connectivity index (χ0) is 9.97. The molecule has 2 rings (SSSR count). The van der Waals surface area contributed by atoms with Crippen molar-refractivity contribution in [1.82, 2.24) is 20.3 Å². The van der Waals surface area contributed by atoms with Gasteiger partial charge in [0.2, 0.25) is 11.9 Å². The molecule has 0 aromatic carbocycles. The first-order valence-electron chi connectivity index (χ1n) is 4.69. The molecule has 4 N–H and O–H groups in total. The first-order valence-corrected chi connectivity index (χ1v) is 4.69. The van der Waals surface area contributed by atoms with E-state index in [0.717, 1.165) is 0 Å². The standard InChI is InChI=1S/C8H14N6/c1-10-4-6-12-7(9)14-8(13-6)11-5-2-3-5/h5,10H,2-4H2,1H3,(H3,9,11,12,13,14). The number of aromatic nitrogens is 3. The lowest BCUT2D eigenvalue weighted by Crippen LogP contribution is -2.14. The molecule has 0 atom stereocenters. The Morgan fingerprint density at radius 3 is 2.79 bits per heavy atom. The summed E-state index contributed by atoms with van der Waals surface area (Å²) in [4.78, 5) is 12.2. The largest absolute Gasteiger partial charge is 0.368 e. The molecule has 0 unspecified atom stereocenters. The average molecular weight is 194 g/mol. The van der Waals surface area contributed by atoms with Crippen molar-refractivity contribution in [2.24, 2.45) is 0 Å². The summed E-state index contributed by atoms with van der Waals surface area (Å²) in [5.74, 6) is 1.53. The number of nitrogens with two attached hydrogens (primary N) is 1. The Hall–Kier alpha value is -1.43. The molecule has 1 aliphatic carbocycles. The summed E-state index contributed by atoms with van der Waals surface area (Å²) in [5.41, 5.74) is 5.56. The molecule has 0 saturated heterocycles. The van der Waals surface area contributed by atoms with E-state index in [1.807, 2.05) is 7.05 Å². The van der Waals surface area contributed by atoms with Gasteiger partial charge in [-0.15, -0.1) is 0 Å². The molecule has 1 heterocycles. The van der Waals surface area contributed by atoms with Gasteiger partial charge in [0.1, 0.15) is 5.82 Å². The van der Waals surface area contributed by atoms with Crippen molar-refractivity contribution in [3.05, 3.63) is 5.82 Å². The number of nitrogens with one attached hydrogen (secondary N) is 2. The lowest BCUT2D eigenvalue weighted by molar-refractivity contribution is 0.751. The highest BCUT2D eigenvalue weighted by Gasteiger charge is 2.22. The van der Waals surface area contributed by atoms with Crippen molar-refractivity contribution < 1.29 is 0 Å². The van der Waals surface area contributed by atoms with Gasteiger partial charge in [-0.3, -0.25) is 0 Å². The maximum Gasteiger partial charge on any atom is 0.228 e. The van der Waals surface area contributed by atoms with Crippen LogP contribution in [-0.2, 0) is 6.54 Å². The molecule has 0 amide bonds. The molecule has 1 aromatic heterocycles. The van der Waals surface area contributed by atoms with Gasteiger partial charge in [0.15, 0.2) is 0 Å². The highest BCUT2D eigenvalue weighted by molar-refractivity contribution is 5.33. The maximum absolute atomic E-state index is 5.56. The summed E-state index contributed by atoms with van der Waals surface area (Å²) >= 11 is 0. The SMILES string of the molecule is CNCc1nc(N)nc(NC2CC2)n1. The van der Waals surface area contributed by atoms with E-state index < -0.39 is 0 Å². The first kappa shape index (κ1) is 9.14. The number of anilines is 2. The Morgan fingerprint density at radius 1 is 1.36 bits per heavy atom. The van der Waals surface area contributed by atoms with E-state index in [9.17, 15) is 0 Å². The van der Waals surface area contributed by atoms with Crippen LogP contribution in [0.15, 0.2) is 0 Å². The second-order valence-electron chi connectivity index (χ2n) is 3.38. The lowest BCUT2D eigenvalue weighted by Gasteiger charge is -2.05. The van der Waals surface area contributed by atoms with E-state index >= 15 is 0 Å². The van der Waals surface area contributed by atoms with E-state index in [1.54, 1.807) is 0 Å². The molecule has 1 fully saturated rings. The van der Waals surface area contributed by atoms with Gasteiger partial charge in [-0.2, -0.15) is 15.0 Å². The fourth-order valence-corrected chi connectivity index (χ4v) is 1.15. The Labute approximate surface area is 82.3 Å². The number of rotatable bonds is 4. The van der Waals surface area contributed by atoms with Crippen LogP contribution in [0.2, 0.25) is 0 Å². The van der Waals surface area contributed by atoms with Crippen LogP contribution in [0, 0.1) is 0 Å². The number of hydrogen-bond donors (Lipinski definition) is 3. The van der Waals surface area contributed by atoms with Crippen LogP contribution in [0.5, 0.6) is 0 Å². The van der Waals surface area contributed by atoms with Crippen molar-refractivity contribution in [3.63, 3.8) is 0 Å². The van der Waals surface area contributed by atoms with Gasteiger partial charge in [0.25, 0.3) is 0 Å². The van der Waals surface area contributed by atoms with E-state index in [-0.39, 0.29) is 5.95 Å². The summed E-state index contributed by atoms with van der Waals surface area (Å²) in [6, 6.07) is 0.527. The normalized spacial score (nSPS) is 15.5. The highest BCUT2D eigenvalue weighted by Crippen LogP contribution is 2.22. The minimum atomic E-state index is 0.272. The number of hydrogen-bond acceptors (Lipinski definition) is 6. The molecule has 1 aliphatic rings. The van der Waals surface area contributed by atoms with E-state index in [4.69, 9.17) is 5.73 Å². The second kappa shape index (κ2) is 3.75. The molecule has 0 bridgehead atoms. The molecule has 1 aromatic rings. The van der Waals surface area contributed by atoms with Crippen molar-refractivity contribution in [2.75, 3.05) is 18.1 Å². The van der Waals surface area contributed by atoms with Gasteiger partial charge in [0, 0.05) is 6.04 Å². The maximum atomic E-state index is 5.56. The Morgan fingerprint density at radius 2 is 2.14 bits per heavy atom. The summed E-state index contributed by atoms with van der Waals surface area (Å²) < 4.78 is 0. The van der Waals surface area contributed by atoms with Gasteiger partial charge >= 0.3 is 0 Å². The van der Waals surface area contributed by atoms with Crippen LogP contribution in [0.4, 0.5) is 11.9 Å². The fourth-order valence-electron chi connectivity index (χ4n) is 1.15. The molecule has 0 spiro atoms. The number of nitrogen functional groups attached to an aromatic ring is 1. The Balaban J connectivity index is 2.12. The van der Waals surface area contributed by atoms with Crippen molar-refractivity contribution >= 4 is 11.9 Å². The molecule has 0 aliphatic heterocycles. The third-order valence-corrected chi connectivity index (χ3v) is 1.94. The predicted molar refractivity (Wildman–Crippen MR) is 53.6 cm³/mol. The van der Waals surface area contributed by atoms with Gasteiger partial charge < -0.3 is 16.4 Å². The van der Waals surface area contributed by atoms with Crippen molar-refractivity contribution in [2.45, 2.75) is 25.4 Å². The fraction of sp³-hybridized carbons (Fsp3) is 0.625. The number of nitrogens with zero attached hydrogens (tertiary/aromatic N) is 3. The zero-order valence-electron chi connectivity index (χ0n) is 8.12. The molecule has 0 radical (unpaired) electrons. The zero-order valence-corrected chi connectivity index (χ0v) is 8.12. The monoisotopic (exact) mass is 194 g/mol. The molecule has 1 saturated carbocycles. The molecular weight excluding hydrogens is 180 g/mol. The lowest BCUT2D eigenvalue weighted by atomic mass is 10.6. The van der Waals surface area contributed by atoms with Crippen LogP contribution < -0.4 is 16.4 Å². The van der Waals surface area contributed by atoms with Crippen LogP contribution in [0.1, 0.15) is 18.7 Å². The summed E-state index contributed by atoms with van der Waals surface area (Å²) in [5, 5.41) is 6.16. The topological polar surface area (TPSA) is 88.8 Å². The van der Waals surface area contributed by atoms with Gasteiger partial charge in [0.05, 0.1) is 6.54 Å². The highest BCUT2D eigenvalue weighted by atomic mass is 15.2. The van der Waals surface area contributed by atoms with Gasteiger partial charge in [-0.05, 0) is 19.9 Å². The van der Waals surface area contributed by atoms with Crippen molar-refractivity contribution in [1.29, 1.82) is 0 Å². The van der Waals surface area contributed by atoms with E-state index in [2.05, 4.69) is 25.6 Å². The molecular formula is C8H14N6. The van der Waals surface area contributed by atoms with Gasteiger partial charge in [-0.1, -0.05) is 0 Å². The summed E-state index contributed by atoms with van der Waals surface area (Å²) in [6.07, 6.45) is 2.37. The van der Waals surface area contributed by atoms with Crippen LogP contribution in [0.25, 0.3) is 0 Å². The summed E-state index contributed by atoms with van der Waals surface area (Å²) in [7, 11) is 1.84. The quantitative estimate of drug-likeness (QED) is 0.612. The average Bonchev–Trinajstić information content (AvgIpc) is 2.87. The Bertz CT molecular complexity index is 322. The molecule has 6 heteroatoms. The van der Waals surface area contributed by atoms with Crippen LogP contribution in [-0.4, -0.2) is 28.0 Å². The third kappa shape index (κ3) is 2.29. The van der Waals surface area contributed by atoms with Crippen LogP contribution >= 0.6 is 0 Å². The molecule has 76 valence electrons. The second-order valence-corrected chi connectivity index (χ2v) is 3.38. The predicted octanol–water partition coefficient (Wildman–Crippen LogP) is -0.253. The Kier molecular flexibility index (Phi) is 2.45. The minimum absolute atomic E-state index is 0.272. The van der Waals surface area contributed by atoms with Crippen LogP contribution in [0.3, 0.4) is 0 Å². The van der Waals surface area contributed by atoms with Crippen molar-refractivity contribution in [3.8, 4) is 0 Å². The van der Waals surface area contributed by atoms with Gasteiger partial charge in [-0.25, -0.2) is 0 Å². The van der Waals surface area contributed by atoms with E-state index in [1.165, 1.54) is 12.8 Å². The summed E-state index contributed by atoms with van der Waals surface area (Å²) in [6.45, 7) is 0.603. The van der Waals surface area contributed by atoms with E-state index in [0.29, 0.717) is 24.4 Å².